The molecular weight excluding hydrogens is 373 g/mol. The number of hydrogen-bond donors (Lipinski definition) is 1. The number of carbonyl (C=O) groups is 2. The minimum absolute atomic E-state index is 0.399. The Morgan fingerprint density at radius 3 is 2.27 bits per heavy atom. The number of nitrogens with one attached hydrogen (secondary N) is 1. The molecule has 2 aromatic rings. The van der Waals surface area contributed by atoms with Crippen molar-refractivity contribution >= 4 is 46.8 Å². The molecule has 0 atom stereocenters. The fraction of sp³-hybridized carbons (Fsp3) is 0.200. The van der Waals surface area contributed by atoms with E-state index in [1.54, 1.807) is 24.3 Å². The second-order valence-electron chi connectivity index (χ2n) is 5.97. The molecule has 0 aliphatic carbocycles. The summed E-state index contributed by atoms with van der Waals surface area (Å²) in [4.78, 5) is 23.5. The maximum absolute atomic E-state index is 11.8. The van der Waals surface area contributed by atoms with Crippen LogP contribution in [0.4, 0.5) is 5.69 Å². The smallest absolute Gasteiger partial charge is 0.331 e. The molecule has 0 bridgehead atoms. The van der Waals surface area contributed by atoms with Gasteiger partial charge in [0.1, 0.15) is 0 Å². The molecule has 0 aromatic heterocycles. The molecule has 4 nitrogen and oxygen atoms in total. The number of esters is 1. The minimum Gasteiger partial charge on any atom is -0.452 e. The Hall–Kier alpha value is -2.30. The second-order valence-corrected chi connectivity index (χ2v) is 6.84. The molecule has 0 radical (unpaired) electrons. The van der Waals surface area contributed by atoms with E-state index in [4.69, 9.17) is 27.9 Å². The van der Waals surface area contributed by atoms with Crippen LogP contribution in [0.25, 0.3) is 6.08 Å². The highest BCUT2D eigenvalue weighted by Gasteiger charge is 2.07. The number of ether oxygens (including phenoxy) is 1. The lowest BCUT2D eigenvalue weighted by atomic mass is 10.0. The molecule has 0 fully saturated rings. The molecule has 136 valence electrons. The highest BCUT2D eigenvalue weighted by molar-refractivity contribution is 6.35. The number of rotatable bonds is 6. The number of benzene rings is 2. The highest BCUT2D eigenvalue weighted by Crippen LogP contribution is 2.22. The van der Waals surface area contributed by atoms with E-state index in [1.165, 1.54) is 11.6 Å². The van der Waals surface area contributed by atoms with Gasteiger partial charge in [-0.15, -0.1) is 0 Å². The molecule has 6 heteroatoms. The molecular formula is C20H19Cl2NO3. The summed E-state index contributed by atoms with van der Waals surface area (Å²) in [7, 11) is 0. The third kappa shape index (κ3) is 6.54. The van der Waals surface area contributed by atoms with E-state index in [0.29, 0.717) is 21.7 Å². The normalized spacial score (nSPS) is 11.0. The molecule has 0 heterocycles. The van der Waals surface area contributed by atoms with Crippen molar-refractivity contribution in [3.63, 3.8) is 0 Å². The summed E-state index contributed by atoms with van der Waals surface area (Å²) < 4.78 is 4.92. The van der Waals surface area contributed by atoms with Crippen LogP contribution in [-0.4, -0.2) is 18.5 Å². The summed E-state index contributed by atoms with van der Waals surface area (Å²) in [5.74, 6) is -0.630. The van der Waals surface area contributed by atoms with E-state index < -0.39 is 18.5 Å². The zero-order valence-electron chi connectivity index (χ0n) is 14.5. The van der Waals surface area contributed by atoms with Gasteiger partial charge in [-0.05, 0) is 41.3 Å². The van der Waals surface area contributed by atoms with Crippen LogP contribution in [0.15, 0.2) is 48.5 Å². The molecule has 0 unspecified atom stereocenters. The SMILES string of the molecule is CC(C)c1ccc(C=CC(=O)OCC(=O)Nc2cc(Cl)cc(Cl)c2)cc1. The Bertz CT molecular complexity index is 794. The van der Waals surface area contributed by atoms with Gasteiger partial charge < -0.3 is 10.1 Å². The molecule has 26 heavy (non-hydrogen) atoms. The van der Waals surface area contributed by atoms with Gasteiger partial charge in [0.15, 0.2) is 6.61 Å². The summed E-state index contributed by atoms with van der Waals surface area (Å²) in [6, 6.07) is 12.5. The zero-order chi connectivity index (χ0) is 19.1. The van der Waals surface area contributed by atoms with Crippen molar-refractivity contribution in [1.82, 2.24) is 0 Å². The van der Waals surface area contributed by atoms with E-state index in [2.05, 4.69) is 19.2 Å². The van der Waals surface area contributed by atoms with Crippen molar-refractivity contribution in [3.05, 3.63) is 69.7 Å². The van der Waals surface area contributed by atoms with Gasteiger partial charge >= 0.3 is 5.97 Å². The van der Waals surface area contributed by atoms with E-state index >= 15 is 0 Å². The molecule has 0 aliphatic heterocycles. The highest BCUT2D eigenvalue weighted by atomic mass is 35.5. The van der Waals surface area contributed by atoms with Gasteiger partial charge in [0.25, 0.3) is 5.91 Å². The largest absolute Gasteiger partial charge is 0.452 e. The van der Waals surface area contributed by atoms with Gasteiger partial charge in [0.2, 0.25) is 0 Å². The van der Waals surface area contributed by atoms with Crippen molar-refractivity contribution in [1.29, 1.82) is 0 Å². The first-order chi connectivity index (χ1) is 12.3. The van der Waals surface area contributed by atoms with E-state index in [9.17, 15) is 9.59 Å². The van der Waals surface area contributed by atoms with Gasteiger partial charge in [-0.25, -0.2) is 4.79 Å². The first-order valence-electron chi connectivity index (χ1n) is 8.04. The lowest BCUT2D eigenvalue weighted by Crippen LogP contribution is -2.20. The summed E-state index contributed by atoms with van der Waals surface area (Å²) in [5.41, 5.74) is 2.54. The van der Waals surface area contributed by atoms with Crippen LogP contribution in [0.2, 0.25) is 10.0 Å². The monoisotopic (exact) mass is 391 g/mol. The fourth-order valence-electron chi connectivity index (χ4n) is 2.16. The van der Waals surface area contributed by atoms with Gasteiger partial charge in [-0.3, -0.25) is 4.79 Å². The lowest BCUT2D eigenvalue weighted by molar-refractivity contribution is -0.142. The third-order valence-electron chi connectivity index (χ3n) is 3.51. The zero-order valence-corrected chi connectivity index (χ0v) is 16.0. The summed E-state index contributed by atoms with van der Waals surface area (Å²) in [5, 5.41) is 3.36. The molecule has 2 aromatic carbocycles. The van der Waals surface area contributed by atoms with Crippen molar-refractivity contribution in [2.24, 2.45) is 0 Å². The van der Waals surface area contributed by atoms with Crippen LogP contribution in [0.3, 0.4) is 0 Å². The lowest BCUT2D eigenvalue weighted by Gasteiger charge is -2.06. The van der Waals surface area contributed by atoms with Crippen LogP contribution >= 0.6 is 23.2 Å². The molecule has 1 N–H and O–H groups in total. The van der Waals surface area contributed by atoms with Gasteiger partial charge in [0.05, 0.1) is 0 Å². The predicted octanol–water partition coefficient (Wildman–Crippen LogP) is 5.31. The van der Waals surface area contributed by atoms with Crippen molar-refractivity contribution < 1.29 is 14.3 Å². The van der Waals surface area contributed by atoms with Crippen LogP contribution in [0.5, 0.6) is 0 Å². The van der Waals surface area contributed by atoms with Crippen LogP contribution in [-0.2, 0) is 14.3 Å². The first kappa shape index (κ1) is 20.0. The number of hydrogen-bond acceptors (Lipinski definition) is 3. The van der Waals surface area contributed by atoms with Gasteiger partial charge in [-0.2, -0.15) is 0 Å². The topological polar surface area (TPSA) is 55.4 Å². The number of amides is 1. The van der Waals surface area contributed by atoms with Gasteiger partial charge in [-0.1, -0.05) is 61.3 Å². The second kappa shape index (κ2) is 9.41. The van der Waals surface area contributed by atoms with E-state index in [1.807, 2.05) is 24.3 Å². The fourth-order valence-corrected chi connectivity index (χ4v) is 2.69. The van der Waals surface area contributed by atoms with Crippen molar-refractivity contribution in [2.45, 2.75) is 19.8 Å². The van der Waals surface area contributed by atoms with E-state index in [-0.39, 0.29) is 0 Å². The Labute approximate surface area is 162 Å². The van der Waals surface area contributed by atoms with Crippen molar-refractivity contribution in [3.8, 4) is 0 Å². The maximum Gasteiger partial charge on any atom is 0.331 e. The van der Waals surface area contributed by atoms with Crippen molar-refractivity contribution in [2.75, 3.05) is 11.9 Å². The summed E-state index contributed by atoms with van der Waals surface area (Å²) >= 11 is 11.7. The van der Waals surface area contributed by atoms with Crippen LogP contribution < -0.4 is 5.32 Å². The quantitative estimate of drug-likeness (QED) is 0.535. The first-order valence-corrected chi connectivity index (χ1v) is 8.80. The standard InChI is InChI=1S/C20H19Cl2NO3/c1-13(2)15-6-3-14(4-7-15)5-8-20(25)26-12-19(24)23-18-10-16(21)9-17(22)11-18/h3-11,13H,12H2,1-2H3,(H,23,24). The van der Waals surface area contributed by atoms with Crippen LogP contribution in [0.1, 0.15) is 30.9 Å². The molecule has 0 saturated carbocycles. The molecule has 2 rings (SSSR count). The maximum atomic E-state index is 11.8. The molecule has 0 saturated heterocycles. The predicted molar refractivity (Wildman–Crippen MR) is 106 cm³/mol. The molecule has 0 spiro atoms. The number of carbonyl (C=O) groups excluding carboxylic acids is 2. The average Bonchev–Trinajstić information content (AvgIpc) is 2.57. The Balaban J connectivity index is 1.82. The summed E-state index contributed by atoms with van der Waals surface area (Å²) in [6.07, 6.45) is 2.93. The molecule has 0 aliphatic rings. The number of halogens is 2. The summed E-state index contributed by atoms with van der Waals surface area (Å²) in [6.45, 7) is 3.83. The average molecular weight is 392 g/mol. The van der Waals surface area contributed by atoms with Crippen LogP contribution in [0, 0.1) is 0 Å². The van der Waals surface area contributed by atoms with Gasteiger partial charge in [0, 0.05) is 21.8 Å². The third-order valence-corrected chi connectivity index (χ3v) is 3.94. The van der Waals surface area contributed by atoms with E-state index in [0.717, 1.165) is 5.56 Å². The Kier molecular flexibility index (Phi) is 7.25. The Morgan fingerprint density at radius 2 is 1.69 bits per heavy atom. The number of anilines is 1. The Morgan fingerprint density at radius 1 is 1.08 bits per heavy atom. The molecule has 1 amide bonds. The minimum atomic E-state index is -0.600.